The normalized spacial score (nSPS) is 11.8. The fourth-order valence-corrected chi connectivity index (χ4v) is 3.04. The van der Waals surface area contributed by atoms with Crippen molar-refractivity contribution in [2.45, 2.75) is 33.4 Å². The van der Waals surface area contributed by atoms with Crippen molar-refractivity contribution in [3.8, 4) is 16.8 Å². The standard InChI is InChI=1S/C20H19F3N2/c1-4-15-8-10-18(11-9-15)25-14(3)19(13(2)24-25)16-6-5-7-17(12-16)20(21,22)23/h5-12H,4H2,1-3H3. The minimum absolute atomic E-state index is 0.529. The van der Waals surface area contributed by atoms with E-state index in [2.05, 4.69) is 12.0 Å². The summed E-state index contributed by atoms with van der Waals surface area (Å²) >= 11 is 0. The second-order valence-electron chi connectivity index (χ2n) is 6.06. The predicted octanol–water partition coefficient (Wildman–Crippen LogP) is 5.74. The second-order valence-corrected chi connectivity index (χ2v) is 6.06. The van der Waals surface area contributed by atoms with Gasteiger partial charge >= 0.3 is 6.18 Å². The number of benzene rings is 2. The molecule has 0 aliphatic rings. The van der Waals surface area contributed by atoms with Crippen LogP contribution in [-0.2, 0) is 12.6 Å². The van der Waals surface area contributed by atoms with Crippen LogP contribution in [0.3, 0.4) is 0 Å². The monoisotopic (exact) mass is 344 g/mol. The SMILES string of the molecule is CCc1ccc(-n2nc(C)c(-c3cccc(C(F)(F)F)c3)c2C)cc1. The van der Waals surface area contributed by atoms with Crippen molar-refractivity contribution < 1.29 is 13.2 Å². The maximum atomic E-state index is 13.0. The molecule has 25 heavy (non-hydrogen) atoms. The Kier molecular flexibility index (Phi) is 4.41. The van der Waals surface area contributed by atoms with Gasteiger partial charge in [0.2, 0.25) is 0 Å². The zero-order chi connectivity index (χ0) is 18.2. The molecule has 0 atom stereocenters. The summed E-state index contributed by atoms with van der Waals surface area (Å²) in [4.78, 5) is 0. The van der Waals surface area contributed by atoms with Crippen LogP contribution in [0.4, 0.5) is 13.2 Å². The van der Waals surface area contributed by atoms with Crippen LogP contribution in [0, 0.1) is 13.8 Å². The molecular formula is C20H19F3N2. The van der Waals surface area contributed by atoms with Crippen molar-refractivity contribution in [2.24, 2.45) is 0 Å². The van der Waals surface area contributed by atoms with Crippen LogP contribution in [0.25, 0.3) is 16.8 Å². The van der Waals surface area contributed by atoms with Gasteiger partial charge in [-0.05, 0) is 55.7 Å². The van der Waals surface area contributed by atoms with Crippen molar-refractivity contribution in [1.29, 1.82) is 0 Å². The molecule has 0 saturated carbocycles. The summed E-state index contributed by atoms with van der Waals surface area (Å²) in [6, 6.07) is 13.4. The Morgan fingerprint density at radius 3 is 2.28 bits per heavy atom. The van der Waals surface area contributed by atoms with E-state index in [0.717, 1.165) is 29.4 Å². The molecule has 0 spiro atoms. The lowest BCUT2D eigenvalue weighted by Crippen LogP contribution is -2.04. The number of nitrogens with zero attached hydrogens (tertiary/aromatic N) is 2. The lowest BCUT2D eigenvalue weighted by molar-refractivity contribution is -0.137. The number of halogens is 3. The van der Waals surface area contributed by atoms with E-state index in [1.165, 1.54) is 17.7 Å². The number of aryl methyl sites for hydroxylation is 2. The molecule has 3 aromatic rings. The molecule has 2 aromatic carbocycles. The maximum Gasteiger partial charge on any atom is 0.416 e. The molecule has 0 aliphatic heterocycles. The van der Waals surface area contributed by atoms with Gasteiger partial charge in [-0.1, -0.05) is 31.2 Å². The summed E-state index contributed by atoms with van der Waals surface area (Å²) in [6.45, 7) is 5.78. The molecule has 0 N–H and O–H groups in total. The zero-order valence-corrected chi connectivity index (χ0v) is 14.4. The summed E-state index contributed by atoms with van der Waals surface area (Å²) in [7, 11) is 0. The number of alkyl halides is 3. The molecule has 1 heterocycles. The highest BCUT2D eigenvalue weighted by atomic mass is 19.4. The lowest BCUT2D eigenvalue weighted by Gasteiger charge is -2.10. The van der Waals surface area contributed by atoms with Crippen LogP contribution < -0.4 is 0 Å². The average molecular weight is 344 g/mol. The van der Waals surface area contributed by atoms with E-state index in [-0.39, 0.29) is 0 Å². The number of aromatic nitrogens is 2. The number of rotatable bonds is 3. The van der Waals surface area contributed by atoms with Gasteiger partial charge in [-0.15, -0.1) is 0 Å². The largest absolute Gasteiger partial charge is 0.416 e. The third-order valence-corrected chi connectivity index (χ3v) is 4.36. The quantitative estimate of drug-likeness (QED) is 0.593. The molecule has 0 fully saturated rings. The molecule has 0 saturated heterocycles. The zero-order valence-electron chi connectivity index (χ0n) is 14.4. The van der Waals surface area contributed by atoms with Crippen molar-refractivity contribution in [3.05, 3.63) is 71.0 Å². The van der Waals surface area contributed by atoms with E-state index in [1.807, 2.05) is 38.1 Å². The lowest BCUT2D eigenvalue weighted by atomic mass is 10.0. The van der Waals surface area contributed by atoms with Gasteiger partial charge in [0, 0.05) is 11.3 Å². The molecule has 2 nitrogen and oxygen atoms in total. The maximum absolute atomic E-state index is 13.0. The molecule has 130 valence electrons. The third-order valence-electron chi connectivity index (χ3n) is 4.36. The smallest absolute Gasteiger partial charge is 0.237 e. The fourth-order valence-electron chi connectivity index (χ4n) is 3.04. The second kappa shape index (κ2) is 6.39. The van der Waals surface area contributed by atoms with Gasteiger partial charge in [-0.2, -0.15) is 18.3 Å². The summed E-state index contributed by atoms with van der Waals surface area (Å²) < 4.78 is 40.8. The van der Waals surface area contributed by atoms with Gasteiger partial charge in [0.15, 0.2) is 0 Å². The molecular weight excluding hydrogens is 325 g/mol. The first-order chi connectivity index (χ1) is 11.8. The van der Waals surface area contributed by atoms with Gasteiger partial charge in [-0.25, -0.2) is 4.68 Å². The van der Waals surface area contributed by atoms with Gasteiger partial charge in [-0.3, -0.25) is 0 Å². The highest BCUT2D eigenvalue weighted by molar-refractivity contribution is 5.70. The first-order valence-corrected chi connectivity index (χ1v) is 8.14. The van der Waals surface area contributed by atoms with Crippen molar-refractivity contribution >= 4 is 0 Å². The van der Waals surface area contributed by atoms with Crippen LogP contribution >= 0.6 is 0 Å². The van der Waals surface area contributed by atoms with E-state index in [0.29, 0.717) is 11.3 Å². The molecule has 0 bridgehead atoms. The summed E-state index contributed by atoms with van der Waals surface area (Å²) in [5.74, 6) is 0. The minimum Gasteiger partial charge on any atom is -0.237 e. The van der Waals surface area contributed by atoms with Crippen LogP contribution in [0.5, 0.6) is 0 Å². The molecule has 0 aliphatic carbocycles. The Morgan fingerprint density at radius 1 is 1.00 bits per heavy atom. The first kappa shape index (κ1) is 17.3. The summed E-state index contributed by atoms with van der Waals surface area (Å²) in [6.07, 6.45) is -3.41. The first-order valence-electron chi connectivity index (χ1n) is 8.14. The molecule has 1 aromatic heterocycles. The third kappa shape index (κ3) is 3.31. The van der Waals surface area contributed by atoms with E-state index in [1.54, 1.807) is 10.7 Å². The highest BCUT2D eigenvalue weighted by Crippen LogP contribution is 2.34. The van der Waals surface area contributed by atoms with Crippen LogP contribution in [0.2, 0.25) is 0 Å². The van der Waals surface area contributed by atoms with E-state index >= 15 is 0 Å². The van der Waals surface area contributed by atoms with Crippen molar-refractivity contribution in [2.75, 3.05) is 0 Å². The minimum atomic E-state index is -4.36. The molecule has 5 heteroatoms. The number of hydrogen-bond donors (Lipinski definition) is 0. The Balaban J connectivity index is 2.08. The van der Waals surface area contributed by atoms with Crippen LogP contribution in [0.15, 0.2) is 48.5 Å². The fraction of sp³-hybridized carbons (Fsp3) is 0.250. The van der Waals surface area contributed by atoms with Gasteiger partial charge in [0.1, 0.15) is 0 Å². The van der Waals surface area contributed by atoms with Crippen LogP contribution in [-0.4, -0.2) is 9.78 Å². The Labute approximate surface area is 144 Å². The van der Waals surface area contributed by atoms with Crippen molar-refractivity contribution in [1.82, 2.24) is 9.78 Å². The summed E-state index contributed by atoms with van der Waals surface area (Å²) in [5.41, 5.74) is 4.27. The molecule has 0 unspecified atom stereocenters. The van der Waals surface area contributed by atoms with E-state index in [9.17, 15) is 13.2 Å². The molecule has 0 radical (unpaired) electrons. The van der Waals surface area contributed by atoms with Crippen LogP contribution in [0.1, 0.15) is 29.4 Å². The molecule has 0 amide bonds. The molecule has 3 rings (SSSR count). The van der Waals surface area contributed by atoms with Gasteiger partial charge in [0.05, 0.1) is 16.9 Å². The topological polar surface area (TPSA) is 17.8 Å². The van der Waals surface area contributed by atoms with Gasteiger partial charge < -0.3 is 0 Å². The Bertz CT molecular complexity index is 890. The summed E-state index contributed by atoms with van der Waals surface area (Å²) in [5, 5.41) is 4.54. The van der Waals surface area contributed by atoms with Crippen molar-refractivity contribution in [3.63, 3.8) is 0 Å². The highest BCUT2D eigenvalue weighted by Gasteiger charge is 2.30. The Hall–Kier alpha value is -2.56. The predicted molar refractivity (Wildman–Crippen MR) is 92.9 cm³/mol. The van der Waals surface area contributed by atoms with Gasteiger partial charge in [0.25, 0.3) is 0 Å². The number of hydrogen-bond acceptors (Lipinski definition) is 1. The van der Waals surface area contributed by atoms with E-state index in [4.69, 9.17) is 0 Å². The van der Waals surface area contributed by atoms with E-state index < -0.39 is 11.7 Å². The average Bonchev–Trinajstić information content (AvgIpc) is 2.89. The Morgan fingerprint density at radius 2 is 1.68 bits per heavy atom.